The first-order valence-electron chi connectivity index (χ1n) is 9.29. The van der Waals surface area contributed by atoms with Crippen molar-refractivity contribution >= 4 is 52.0 Å². The van der Waals surface area contributed by atoms with Crippen molar-refractivity contribution in [3.8, 4) is 5.75 Å². The highest BCUT2D eigenvalue weighted by Gasteiger charge is 2.35. The number of carbonyl (C=O) groups excluding carboxylic acids is 2. The van der Waals surface area contributed by atoms with Crippen LogP contribution in [0.5, 0.6) is 5.75 Å². The van der Waals surface area contributed by atoms with Gasteiger partial charge in [0.25, 0.3) is 11.1 Å². The van der Waals surface area contributed by atoms with E-state index in [1.807, 2.05) is 30.3 Å². The lowest BCUT2D eigenvalue weighted by atomic mass is 10.1. The molecule has 0 aliphatic carbocycles. The number of halogens is 1. The summed E-state index contributed by atoms with van der Waals surface area (Å²) in [6, 6.07) is 20.9. The molecule has 2 amide bonds. The molecule has 31 heavy (non-hydrogen) atoms. The Kier molecular flexibility index (Phi) is 6.16. The van der Waals surface area contributed by atoms with E-state index in [1.54, 1.807) is 36.4 Å². The van der Waals surface area contributed by atoms with Gasteiger partial charge in [0.15, 0.2) is 0 Å². The lowest BCUT2D eigenvalue weighted by molar-refractivity contribution is -0.123. The molecule has 0 unspecified atom stereocenters. The number of amides is 2. The second-order valence-electron chi connectivity index (χ2n) is 6.68. The number of nitrogens with zero attached hydrogens (tertiary/aromatic N) is 3. The molecule has 0 spiro atoms. The summed E-state index contributed by atoms with van der Waals surface area (Å²) in [5, 5.41) is 18.7. The van der Waals surface area contributed by atoms with E-state index < -0.39 is 5.91 Å². The van der Waals surface area contributed by atoms with Gasteiger partial charge in [-0.05, 0) is 59.8 Å². The second kappa shape index (κ2) is 9.16. The van der Waals surface area contributed by atoms with Crippen LogP contribution in [0.15, 0.2) is 87.9 Å². The van der Waals surface area contributed by atoms with Gasteiger partial charge in [-0.2, -0.15) is 10.2 Å². The standard InChI is InChI=1S/C23H16ClN3O3S/c24-17-7-4-8-18(13-17)25-26-19-9-10-20(28)16(11-19)12-21-22(29)27(23(30)31-21)14-15-5-2-1-3-6-15/h1-13,28H,14H2/b21-12-,26-25?. The number of thioether (sulfide) groups is 1. The normalized spacial score (nSPS) is 15.4. The molecule has 3 aromatic carbocycles. The van der Waals surface area contributed by atoms with E-state index in [2.05, 4.69) is 10.2 Å². The third-order valence-electron chi connectivity index (χ3n) is 4.44. The number of hydrogen-bond acceptors (Lipinski definition) is 6. The number of rotatable bonds is 5. The van der Waals surface area contributed by atoms with Gasteiger partial charge >= 0.3 is 0 Å². The van der Waals surface area contributed by atoms with Crippen molar-refractivity contribution in [1.82, 2.24) is 4.90 Å². The molecule has 1 aliphatic heterocycles. The van der Waals surface area contributed by atoms with E-state index in [4.69, 9.17) is 11.6 Å². The van der Waals surface area contributed by atoms with E-state index in [1.165, 1.54) is 17.0 Å². The molecule has 6 nitrogen and oxygen atoms in total. The van der Waals surface area contributed by atoms with Crippen LogP contribution in [0.3, 0.4) is 0 Å². The fourth-order valence-corrected chi connectivity index (χ4v) is 3.93. The molecule has 0 aromatic heterocycles. The molecular weight excluding hydrogens is 434 g/mol. The van der Waals surface area contributed by atoms with Crippen LogP contribution in [0, 0.1) is 0 Å². The quantitative estimate of drug-likeness (QED) is 0.347. The van der Waals surface area contributed by atoms with Crippen molar-refractivity contribution in [2.24, 2.45) is 10.2 Å². The maximum Gasteiger partial charge on any atom is 0.293 e. The molecule has 154 valence electrons. The van der Waals surface area contributed by atoms with Crippen LogP contribution >= 0.6 is 23.4 Å². The fourth-order valence-electron chi connectivity index (χ4n) is 2.92. The molecule has 1 N–H and O–H groups in total. The molecule has 0 radical (unpaired) electrons. The average molecular weight is 450 g/mol. The minimum Gasteiger partial charge on any atom is -0.507 e. The lowest BCUT2D eigenvalue weighted by Gasteiger charge is -2.12. The van der Waals surface area contributed by atoms with Gasteiger partial charge in [0, 0.05) is 10.6 Å². The average Bonchev–Trinajstić information content (AvgIpc) is 3.02. The van der Waals surface area contributed by atoms with Crippen LogP contribution in [0.25, 0.3) is 6.08 Å². The van der Waals surface area contributed by atoms with Crippen molar-refractivity contribution in [2.45, 2.75) is 6.54 Å². The number of aromatic hydroxyl groups is 1. The Labute approximate surface area is 187 Å². The zero-order valence-corrected chi connectivity index (χ0v) is 17.7. The van der Waals surface area contributed by atoms with Crippen LogP contribution in [-0.2, 0) is 11.3 Å². The minimum absolute atomic E-state index is 0.0310. The molecule has 8 heteroatoms. The first-order chi connectivity index (χ1) is 15.0. The zero-order chi connectivity index (χ0) is 21.8. The molecular formula is C23H16ClN3O3S. The first kappa shape index (κ1) is 20.8. The summed E-state index contributed by atoms with van der Waals surface area (Å²) in [4.78, 5) is 26.5. The summed E-state index contributed by atoms with van der Waals surface area (Å²) in [7, 11) is 0. The van der Waals surface area contributed by atoms with Gasteiger partial charge in [-0.15, -0.1) is 0 Å². The van der Waals surface area contributed by atoms with Gasteiger partial charge in [0.2, 0.25) is 0 Å². The highest BCUT2D eigenvalue weighted by molar-refractivity contribution is 8.18. The third-order valence-corrected chi connectivity index (χ3v) is 5.59. The van der Waals surface area contributed by atoms with Gasteiger partial charge < -0.3 is 5.11 Å². The maximum atomic E-state index is 12.7. The van der Waals surface area contributed by atoms with Crippen LogP contribution in [0.1, 0.15) is 11.1 Å². The highest BCUT2D eigenvalue weighted by atomic mass is 35.5. The number of phenols is 1. The monoisotopic (exact) mass is 449 g/mol. The molecule has 0 saturated carbocycles. The summed E-state index contributed by atoms with van der Waals surface area (Å²) >= 11 is 6.79. The van der Waals surface area contributed by atoms with Crippen LogP contribution in [0.2, 0.25) is 5.02 Å². The van der Waals surface area contributed by atoms with E-state index in [0.29, 0.717) is 22.0 Å². The van der Waals surface area contributed by atoms with Gasteiger partial charge in [-0.3, -0.25) is 14.5 Å². The van der Waals surface area contributed by atoms with Gasteiger partial charge in [-0.1, -0.05) is 48.0 Å². The van der Waals surface area contributed by atoms with Gasteiger partial charge in [0.1, 0.15) is 5.75 Å². The number of imide groups is 1. The summed E-state index contributed by atoms with van der Waals surface area (Å²) in [5.74, 6) is -0.430. The second-order valence-corrected chi connectivity index (χ2v) is 8.11. The van der Waals surface area contributed by atoms with E-state index in [-0.39, 0.29) is 22.4 Å². The van der Waals surface area contributed by atoms with Crippen LogP contribution in [0.4, 0.5) is 16.2 Å². The van der Waals surface area contributed by atoms with Gasteiger partial charge in [-0.25, -0.2) is 0 Å². The molecule has 1 fully saturated rings. The zero-order valence-electron chi connectivity index (χ0n) is 16.1. The Bertz CT molecular complexity index is 1210. The van der Waals surface area contributed by atoms with Crippen LogP contribution in [-0.4, -0.2) is 21.2 Å². The Morgan fingerprint density at radius 2 is 1.68 bits per heavy atom. The van der Waals surface area contributed by atoms with E-state index in [0.717, 1.165) is 17.3 Å². The molecule has 1 aliphatic rings. The Balaban J connectivity index is 1.56. The van der Waals surface area contributed by atoms with Crippen molar-refractivity contribution in [2.75, 3.05) is 0 Å². The maximum absolute atomic E-state index is 12.7. The van der Waals surface area contributed by atoms with E-state index >= 15 is 0 Å². The molecule has 1 saturated heterocycles. The Morgan fingerprint density at radius 1 is 0.935 bits per heavy atom. The predicted octanol–water partition coefficient (Wildman–Crippen LogP) is 6.70. The topological polar surface area (TPSA) is 82.3 Å². The van der Waals surface area contributed by atoms with Gasteiger partial charge in [0.05, 0.1) is 22.8 Å². The van der Waals surface area contributed by atoms with E-state index in [9.17, 15) is 14.7 Å². The molecule has 1 heterocycles. The van der Waals surface area contributed by atoms with Crippen molar-refractivity contribution in [1.29, 1.82) is 0 Å². The van der Waals surface area contributed by atoms with Crippen molar-refractivity contribution in [3.63, 3.8) is 0 Å². The first-order valence-corrected chi connectivity index (χ1v) is 10.5. The number of azo groups is 1. The predicted molar refractivity (Wildman–Crippen MR) is 122 cm³/mol. The van der Waals surface area contributed by atoms with Crippen molar-refractivity contribution < 1.29 is 14.7 Å². The summed E-state index contributed by atoms with van der Waals surface area (Å²) in [6.45, 7) is 0.197. The SMILES string of the molecule is O=C1S/C(=C\c2cc(N=Nc3cccc(Cl)c3)ccc2O)C(=O)N1Cc1ccccc1. The number of benzene rings is 3. The largest absolute Gasteiger partial charge is 0.507 e. The van der Waals surface area contributed by atoms with Crippen LogP contribution < -0.4 is 0 Å². The molecule has 0 atom stereocenters. The minimum atomic E-state index is -0.399. The lowest BCUT2D eigenvalue weighted by Crippen LogP contribution is -2.27. The third kappa shape index (κ3) is 5.02. The number of hydrogen-bond donors (Lipinski definition) is 1. The van der Waals surface area contributed by atoms with Crippen molar-refractivity contribution in [3.05, 3.63) is 93.9 Å². The summed E-state index contributed by atoms with van der Waals surface area (Å²) in [6.07, 6.45) is 1.49. The molecule has 0 bridgehead atoms. The summed E-state index contributed by atoms with van der Waals surface area (Å²) in [5.41, 5.74) is 2.29. The Morgan fingerprint density at radius 3 is 2.42 bits per heavy atom. The highest BCUT2D eigenvalue weighted by Crippen LogP contribution is 2.35. The summed E-state index contributed by atoms with van der Waals surface area (Å²) < 4.78 is 0. The molecule has 3 aromatic rings. The smallest absolute Gasteiger partial charge is 0.293 e. The Hall–Kier alpha value is -3.42. The fraction of sp³-hybridized carbons (Fsp3) is 0.0435. The number of carbonyl (C=O) groups is 2. The molecule has 4 rings (SSSR count). The number of phenolic OH excluding ortho intramolecular Hbond substituents is 1.